The van der Waals surface area contributed by atoms with E-state index in [4.69, 9.17) is 11.6 Å². The van der Waals surface area contributed by atoms with Gasteiger partial charge in [0.05, 0.1) is 11.9 Å². The quantitative estimate of drug-likeness (QED) is 0.908. The van der Waals surface area contributed by atoms with Crippen molar-refractivity contribution in [1.29, 1.82) is 0 Å². The largest absolute Gasteiger partial charge is 0.322 e. The molecule has 0 unspecified atom stereocenters. The number of anilines is 2. The molecule has 0 saturated heterocycles. The molecular formula is C17H17ClN2O3S. The Kier molecular flexibility index (Phi) is 4.51. The molecule has 7 heteroatoms. The molecule has 2 aromatic carbocycles. The molecule has 0 radical (unpaired) electrons. The minimum atomic E-state index is -3.34. The average Bonchev–Trinajstić information content (AvgIpc) is 2.53. The summed E-state index contributed by atoms with van der Waals surface area (Å²) in [5, 5.41) is 3.27. The minimum Gasteiger partial charge on any atom is -0.322 e. The Morgan fingerprint density at radius 3 is 2.71 bits per heavy atom. The van der Waals surface area contributed by atoms with E-state index >= 15 is 0 Å². The summed E-state index contributed by atoms with van der Waals surface area (Å²) < 4.78 is 25.3. The number of fused-ring (bicyclic) bond motifs is 1. The maximum Gasteiger partial charge on any atom is 0.255 e. The van der Waals surface area contributed by atoms with E-state index in [1.54, 1.807) is 36.4 Å². The number of hydrogen-bond donors (Lipinski definition) is 1. The molecule has 1 aliphatic rings. The van der Waals surface area contributed by atoms with E-state index in [0.717, 1.165) is 18.4 Å². The third-order valence-corrected chi connectivity index (χ3v) is 5.32. The fourth-order valence-electron chi connectivity index (χ4n) is 2.80. The number of nitrogens with zero attached hydrogens (tertiary/aromatic N) is 1. The Morgan fingerprint density at radius 1 is 1.21 bits per heavy atom. The number of aryl methyl sites for hydroxylation is 1. The van der Waals surface area contributed by atoms with E-state index in [1.807, 2.05) is 6.07 Å². The summed E-state index contributed by atoms with van der Waals surface area (Å²) in [7, 11) is -3.34. The molecule has 1 aliphatic heterocycles. The smallest absolute Gasteiger partial charge is 0.255 e. The highest BCUT2D eigenvalue weighted by Gasteiger charge is 2.24. The summed E-state index contributed by atoms with van der Waals surface area (Å²) in [5.41, 5.74) is 2.59. The van der Waals surface area contributed by atoms with Crippen LogP contribution in [0.25, 0.3) is 0 Å². The van der Waals surface area contributed by atoms with Crippen molar-refractivity contribution < 1.29 is 13.2 Å². The highest BCUT2D eigenvalue weighted by atomic mass is 35.5. The van der Waals surface area contributed by atoms with Gasteiger partial charge in [-0.15, -0.1) is 0 Å². The molecule has 24 heavy (non-hydrogen) atoms. The average molecular weight is 365 g/mol. The van der Waals surface area contributed by atoms with Crippen molar-refractivity contribution in [2.75, 3.05) is 22.4 Å². The van der Waals surface area contributed by atoms with Gasteiger partial charge in [0.1, 0.15) is 0 Å². The van der Waals surface area contributed by atoms with Crippen molar-refractivity contribution in [3.8, 4) is 0 Å². The van der Waals surface area contributed by atoms with E-state index in [1.165, 1.54) is 10.6 Å². The van der Waals surface area contributed by atoms with Crippen molar-refractivity contribution in [2.45, 2.75) is 12.8 Å². The van der Waals surface area contributed by atoms with Gasteiger partial charge in [-0.25, -0.2) is 8.42 Å². The van der Waals surface area contributed by atoms with Crippen LogP contribution in [-0.2, 0) is 16.4 Å². The maximum atomic E-state index is 12.3. The van der Waals surface area contributed by atoms with Crippen molar-refractivity contribution >= 4 is 38.9 Å². The zero-order valence-electron chi connectivity index (χ0n) is 13.1. The normalized spacial score (nSPS) is 14.2. The lowest BCUT2D eigenvalue weighted by molar-refractivity contribution is 0.102. The van der Waals surface area contributed by atoms with Crippen LogP contribution in [0.2, 0.25) is 5.02 Å². The van der Waals surface area contributed by atoms with Crippen LogP contribution in [0.4, 0.5) is 11.4 Å². The molecule has 0 fully saturated rings. The van der Waals surface area contributed by atoms with Crippen molar-refractivity contribution in [3.63, 3.8) is 0 Å². The van der Waals surface area contributed by atoms with E-state index < -0.39 is 10.0 Å². The molecule has 3 rings (SSSR count). The Morgan fingerprint density at radius 2 is 2.00 bits per heavy atom. The third-order valence-electron chi connectivity index (χ3n) is 3.91. The number of nitrogens with one attached hydrogen (secondary N) is 1. The minimum absolute atomic E-state index is 0.292. The second-order valence-electron chi connectivity index (χ2n) is 5.75. The van der Waals surface area contributed by atoms with Gasteiger partial charge in [-0.3, -0.25) is 9.10 Å². The van der Waals surface area contributed by atoms with Crippen LogP contribution in [0.3, 0.4) is 0 Å². The highest BCUT2D eigenvalue weighted by Crippen LogP contribution is 2.31. The van der Waals surface area contributed by atoms with Gasteiger partial charge in [0.25, 0.3) is 5.91 Å². The second-order valence-corrected chi connectivity index (χ2v) is 8.09. The SMILES string of the molecule is CS(=O)(=O)N1CCCc2ccc(NC(=O)c3cccc(Cl)c3)cc21. The van der Waals surface area contributed by atoms with E-state index in [0.29, 0.717) is 28.5 Å². The molecule has 0 spiro atoms. The Labute approximate surface area is 146 Å². The molecule has 1 N–H and O–H groups in total. The fourth-order valence-corrected chi connectivity index (χ4v) is 3.97. The van der Waals surface area contributed by atoms with E-state index in [9.17, 15) is 13.2 Å². The van der Waals surface area contributed by atoms with Crippen LogP contribution in [0.1, 0.15) is 22.3 Å². The van der Waals surface area contributed by atoms with Crippen molar-refractivity contribution in [3.05, 3.63) is 58.6 Å². The number of rotatable bonds is 3. The first-order valence-corrected chi connectivity index (χ1v) is 9.75. The van der Waals surface area contributed by atoms with Gasteiger partial charge in [-0.1, -0.05) is 23.7 Å². The van der Waals surface area contributed by atoms with E-state index in [-0.39, 0.29) is 5.91 Å². The van der Waals surface area contributed by atoms with Gasteiger partial charge in [0.2, 0.25) is 10.0 Å². The molecule has 0 atom stereocenters. The zero-order valence-corrected chi connectivity index (χ0v) is 14.7. The van der Waals surface area contributed by atoms with Gasteiger partial charge in [0.15, 0.2) is 0 Å². The van der Waals surface area contributed by atoms with Crippen LogP contribution >= 0.6 is 11.6 Å². The highest BCUT2D eigenvalue weighted by molar-refractivity contribution is 7.92. The van der Waals surface area contributed by atoms with Crippen molar-refractivity contribution in [1.82, 2.24) is 0 Å². The number of carbonyl (C=O) groups excluding carboxylic acids is 1. The molecule has 5 nitrogen and oxygen atoms in total. The maximum absolute atomic E-state index is 12.3. The first-order valence-electron chi connectivity index (χ1n) is 7.52. The molecule has 1 amide bonds. The lowest BCUT2D eigenvalue weighted by Gasteiger charge is -2.29. The predicted molar refractivity (Wildman–Crippen MR) is 96.4 cm³/mol. The molecule has 0 aliphatic carbocycles. The first kappa shape index (κ1) is 16.8. The van der Waals surface area contributed by atoms with Crippen LogP contribution in [0.5, 0.6) is 0 Å². The molecule has 0 aromatic heterocycles. The molecule has 0 bridgehead atoms. The van der Waals surface area contributed by atoms with Crippen molar-refractivity contribution in [2.24, 2.45) is 0 Å². The Hall–Kier alpha value is -2.05. The van der Waals surface area contributed by atoms with Crippen LogP contribution in [0, 0.1) is 0 Å². The molecule has 2 aromatic rings. The summed E-state index contributed by atoms with van der Waals surface area (Å²) >= 11 is 5.90. The lowest BCUT2D eigenvalue weighted by Crippen LogP contribution is -2.34. The summed E-state index contributed by atoms with van der Waals surface area (Å²) in [6.45, 7) is 0.456. The molecule has 126 valence electrons. The predicted octanol–water partition coefficient (Wildman–Crippen LogP) is 3.30. The van der Waals surface area contributed by atoms with E-state index in [2.05, 4.69) is 5.32 Å². The zero-order chi connectivity index (χ0) is 17.3. The van der Waals surface area contributed by atoms with Gasteiger partial charge >= 0.3 is 0 Å². The van der Waals surface area contributed by atoms with Crippen LogP contribution in [0.15, 0.2) is 42.5 Å². The number of hydrogen-bond acceptors (Lipinski definition) is 3. The standard InChI is InChI=1S/C17H17ClN2O3S/c1-24(22,23)20-9-3-5-12-7-8-15(11-16(12)20)19-17(21)13-4-2-6-14(18)10-13/h2,4,6-8,10-11H,3,5,9H2,1H3,(H,19,21). The number of amides is 1. The second kappa shape index (κ2) is 6.45. The number of halogens is 1. The van der Waals surface area contributed by atoms with Gasteiger partial charge < -0.3 is 5.32 Å². The molecule has 0 saturated carbocycles. The molecule has 1 heterocycles. The molecular weight excluding hydrogens is 348 g/mol. The lowest BCUT2D eigenvalue weighted by atomic mass is 10.0. The Bertz CT molecular complexity index is 896. The summed E-state index contributed by atoms with van der Waals surface area (Å²) in [6, 6.07) is 12.0. The van der Waals surface area contributed by atoms with Gasteiger partial charge in [-0.2, -0.15) is 0 Å². The summed E-state index contributed by atoms with van der Waals surface area (Å²) in [6.07, 6.45) is 2.80. The monoisotopic (exact) mass is 364 g/mol. The third kappa shape index (κ3) is 3.55. The Balaban J connectivity index is 1.89. The topological polar surface area (TPSA) is 66.5 Å². The number of sulfonamides is 1. The summed E-state index contributed by atoms with van der Waals surface area (Å²) in [4.78, 5) is 12.3. The number of benzene rings is 2. The van der Waals surface area contributed by atoms with Crippen LogP contribution < -0.4 is 9.62 Å². The fraction of sp³-hybridized carbons (Fsp3) is 0.235. The first-order chi connectivity index (χ1) is 11.3. The van der Waals surface area contributed by atoms with Crippen LogP contribution in [-0.4, -0.2) is 27.1 Å². The number of carbonyl (C=O) groups is 1. The summed E-state index contributed by atoms with van der Waals surface area (Å²) in [5.74, 6) is -0.292. The van der Waals surface area contributed by atoms with Gasteiger partial charge in [-0.05, 0) is 48.7 Å². The van der Waals surface area contributed by atoms with Gasteiger partial charge in [0, 0.05) is 22.8 Å².